The highest BCUT2D eigenvalue weighted by Gasteiger charge is 2.10. The summed E-state index contributed by atoms with van der Waals surface area (Å²) in [4.78, 5) is 3.90. The van der Waals surface area contributed by atoms with E-state index in [1.54, 1.807) is 6.92 Å². The van der Waals surface area contributed by atoms with Crippen LogP contribution in [0.3, 0.4) is 0 Å². The molecule has 1 aromatic heterocycles. The van der Waals surface area contributed by atoms with Gasteiger partial charge in [-0.2, -0.15) is 0 Å². The first-order valence-electron chi connectivity index (χ1n) is 3.72. The molecule has 1 heterocycles. The average molecular weight is 279 g/mol. The normalized spacial score (nSPS) is 14.2. The highest BCUT2D eigenvalue weighted by atomic mass is 79.9. The Morgan fingerprint density at radius 3 is 2.86 bits per heavy atom. The monoisotopic (exact) mass is 278 g/mol. The number of pyridine rings is 1. The third-order valence-electron chi connectivity index (χ3n) is 1.42. The molecule has 0 amide bonds. The second-order valence-corrected chi connectivity index (χ2v) is 4.41. The summed E-state index contributed by atoms with van der Waals surface area (Å²) < 4.78 is 28.2. The van der Waals surface area contributed by atoms with Crippen LogP contribution in [0.1, 0.15) is 12.6 Å². The van der Waals surface area contributed by atoms with Crippen LogP contribution >= 0.6 is 15.9 Å². The van der Waals surface area contributed by atoms with Gasteiger partial charge >= 0.3 is 0 Å². The molecule has 0 spiro atoms. The largest absolute Gasteiger partial charge is 0.591 e. The molecule has 0 aliphatic heterocycles. The first-order chi connectivity index (χ1) is 6.50. The summed E-state index contributed by atoms with van der Waals surface area (Å²) in [6, 6.07) is 2.78. The fourth-order valence-electron chi connectivity index (χ4n) is 0.908. The van der Waals surface area contributed by atoms with Crippen LogP contribution in [0.4, 0.5) is 4.39 Å². The summed E-state index contributed by atoms with van der Waals surface area (Å²) in [6.45, 7) is 1.57. The molecule has 0 fully saturated rings. The zero-order valence-electron chi connectivity index (χ0n) is 7.62. The summed E-state index contributed by atoms with van der Waals surface area (Å²) in [6.07, 6.45) is 1.42. The van der Waals surface area contributed by atoms with Gasteiger partial charge in [0.05, 0.1) is 11.4 Å². The number of hydrogen-bond donors (Lipinski definition) is 0. The van der Waals surface area contributed by atoms with Gasteiger partial charge in [-0.05, 0) is 35.0 Å². The number of rotatable bonds is 2. The predicted molar refractivity (Wildman–Crippen MR) is 58.2 cm³/mol. The maximum atomic E-state index is 13.2. The second kappa shape index (κ2) is 4.86. The van der Waals surface area contributed by atoms with Crippen LogP contribution in [0.25, 0.3) is 0 Å². The van der Waals surface area contributed by atoms with Gasteiger partial charge in [0.15, 0.2) is 5.82 Å². The Labute approximate surface area is 92.9 Å². The van der Waals surface area contributed by atoms with E-state index in [2.05, 4.69) is 25.3 Å². The molecule has 0 aliphatic rings. The zero-order chi connectivity index (χ0) is 10.7. The lowest BCUT2D eigenvalue weighted by Gasteiger charge is -2.02. The van der Waals surface area contributed by atoms with E-state index in [0.717, 1.165) is 0 Å². The van der Waals surface area contributed by atoms with Crippen molar-refractivity contribution in [2.45, 2.75) is 6.92 Å². The molecule has 6 heteroatoms. The van der Waals surface area contributed by atoms with Crippen LogP contribution < -0.4 is 0 Å². The topological polar surface area (TPSA) is 48.3 Å². The van der Waals surface area contributed by atoms with Crippen molar-refractivity contribution in [1.29, 1.82) is 0 Å². The summed E-state index contributed by atoms with van der Waals surface area (Å²) in [5.41, 5.74) is 0.444. The number of aromatic nitrogens is 1. The van der Waals surface area contributed by atoms with Crippen molar-refractivity contribution < 1.29 is 8.94 Å². The maximum absolute atomic E-state index is 13.2. The van der Waals surface area contributed by atoms with E-state index in [-0.39, 0.29) is 5.69 Å². The van der Waals surface area contributed by atoms with Gasteiger partial charge < -0.3 is 4.55 Å². The summed E-state index contributed by atoms with van der Waals surface area (Å²) in [5.74, 6) is -0.472. The minimum absolute atomic E-state index is 0.120. The first-order valence-corrected chi connectivity index (χ1v) is 6.02. The Morgan fingerprint density at radius 2 is 2.29 bits per heavy atom. The lowest BCUT2D eigenvalue weighted by atomic mass is 10.2. The number of halogens is 2. The SMILES string of the molecule is CC(=N[S+](C)[O-])c1nc(Br)ccc1F. The van der Waals surface area contributed by atoms with E-state index in [9.17, 15) is 8.94 Å². The molecule has 0 saturated heterocycles. The van der Waals surface area contributed by atoms with Gasteiger partial charge in [0, 0.05) is 0 Å². The van der Waals surface area contributed by atoms with E-state index < -0.39 is 17.2 Å². The lowest BCUT2D eigenvalue weighted by molar-refractivity contribution is 0.602. The minimum atomic E-state index is -1.35. The Balaban J connectivity index is 3.12. The van der Waals surface area contributed by atoms with Crippen LogP contribution in [0.15, 0.2) is 21.1 Å². The van der Waals surface area contributed by atoms with Crippen LogP contribution in [0.2, 0.25) is 0 Å². The smallest absolute Gasteiger partial charge is 0.150 e. The van der Waals surface area contributed by atoms with Gasteiger partial charge in [-0.15, -0.1) is 0 Å². The van der Waals surface area contributed by atoms with E-state index in [1.165, 1.54) is 18.4 Å². The fraction of sp³-hybridized carbons (Fsp3) is 0.250. The maximum Gasteiger partial charge on any atom is 0.150 e. The molecule has 0 aromatic carbocycles. The summed E-state index contributed by atoms with van der Waals surface area (Å²) in [7, 11) is 0. The van der Waals surface area contributed by atoms with Crippen LogP contribution in [-0.4, -0.2) is 21.5 Å². The van der Waals surface area contributed by atoms with Crippen molar-refractivity contribution in [2.24, 2.45) is 4.40 Å². The first kappa shape index (κ1) is 11.6. The van der Waals surface area contributed by atoms with Crippen LogP contribution in [-0.2, 0) is 11.4 Å². The predicted octanol–water partition coefficient (Wildman–Crippen LogP) is 2.09. The van der Waals surface area contributed by atoms with Crippen molar-refractivity contribution in [3.05, 3.63) is 28.2 Å². The minimum Gasteiger partial charge on any atom is -0.591 e. The molecule has 3 nitrogen and oxygen atoms in total. The zero-order valence-corrected chi connectivity index (χ0v) is 10.0. The molecule has 14 heavy (non-hydrogen) atoms. The fourth-order valence-corrected chi connectivity index (χ4v) is 1.69. The Bertz CT molecular complexity index is 370. The quantitative estimate of drug-likeness (QED) is 0.473. The molecule has 1 atom stereocenters. The Hall–Kier alpha value is -0.460. The van der Waals surface area contributed by atoms with Gasteiger partial charge in [0.1, 0.15) is 22.3 Å². The Kier molecular flexibility index (Phi) is 4.03. The van der Waals surface area contributed by atoms with Gasteiger partial charge in [0.2, 0.25) is 0 Å². The lowest BCUT2D eigenvalue weighted by Crippen LogP contribution is -2.06. The second-order valence-electron chi connectivity index (χ2n) is 2.56. The third kappa shape index (κ3) is 3.04. The molecule has 1 rings (SSSR count). The number of nitrogens with zero attached hydrogens (tertiary/aromatic N) is 2. The van der Waals surface area contributed by atoms with Crippen molar-refractivity contribution in [3.8, 4) is 0 Å². The van der Waals surface area contributed by atoms with E-state index in [4.69, 9.17) is 0 Å². The van der Waals surface area contributed by atoms with Crippen molar-refractivity contribution in [1.82, 2.24) is 4.98 Å². The van der Waals surface area contributed by atoms with E-state index >= 15 is 0 Å². The molecular formula is C8H8BrFN2OS. The number of hydrogen-bond acceptors (Lipinski definition) is 3. The summed E-state index contributed by atoms with van der Waals surface area (Å²) in [5, 5.41) is 0. The van der Waals surface area contributed by atoms with Crippen molar-refractivity contribution >= 4 is 33.0 Å². The van der Waals surface area contributed by atoms with Gasteiger partial charge in [-0.1, -0.05) is 4.40 Å². The van der Waals surface area contributed by atoms with Crippen molar-refractivity contribution in [3.63, 3.8) is 0 Å². The molecular weight excluding hydrogens is 271 g/mol. The molecule has 0 N–H and O–H groups in total. The molecule has 0 saturated carbocycles. The average Bonchev–Trinajstić information content (AvgIpc) is 2.08. The molecule has 1 aromatic rings. The van der Waals surface area contributed by atoms with Crippen LogP contribution in [0, 0.1) is 5.82 Å². The highest BCUT2D eigenvalue weighted by Crippen LogP contribution is 2.12. The van der Waals surface area contributed by atoms with Crippen molar-refractivity contribution in [2.75, 3.05) is 6.26 Å². The Morgan fingerprint density at radius 1 is 1.64 bits per heavy atom. The van der Waals surface area contributed by atoms with E-state index in [1.807, 2.05) is 0 Å². The third-order valence-corrected chi connectivity index (χ3v) is 2.39. The highest BCUT2D eigenvalue weighted by molar-refractivity contribution is 9.10. The molecule has 0 bridgehead atoms. The van der Waals surface area contributed by atoms with Crippen LogP contribution in [0.5, 0.6) is 0 Å². The molecule has 0 radical (unpaired) electrons. The van der Waals surface area contributed by atoms with Gasteiger partial charge in [-0.25, -0.2) is 9.37 Å². The molecule has 76 valence electrons. The standard InChI is InChI=1S/C8H8BrFN2OS/c1-5(12-14(2)13)8-6(10)3-4-7(9)11-8/h3-4H,1-2H3. The summed E-state index contributed by atoms with van der Waals surface area (Å²) >= 11 is 1.78. The van der Waals surface area contributed by atoms with E-state index in [0.29, 0.717) is 10.3 Å². The van der Waals surface area contributed by atoms with Gasteiger partial charge in [-0.3, -0.25) is 0 Å². The molecule has 0 aliphatic carbocycles. The molecule has 1 unspecified atom stereocenters. The van der Waals surface area contributed by atoms with Gasteiger partial charge in [0.25, 0.3) is 0 Å².